The van der Waals surface area contributed by atoms with Crippen molar-refractivity contribution in [2.75, 3.05) is 35.0 Å². The highest BCUT2D eigenvalue weighted by molar-refractivity contribution is 9.10. The standard InChI is InChI=1S/C38H30Br2ClNO6/c1-45-31-17-22-14-16-42-34(36(44)48-4)33(35(43)47-3)38(29-18-23(39)7-11-26(29)27-12-8-24(40)19-30(27)38)37(42,28(22)20-32(31)46-2)15-13-21-5-9-25(41)10-6-21/h5-13,15,17-20H,14,16H2,1-4H3. The highest BCUT2D eigenvalue weighted by Crippen LogP contribution is 2.70. The van der Waals surface area contributed by atoms with Crippen LogP contribution in [-0.2, 0) is 36.4 Å². The van der Waals surface area contributed by atoms with Crippen LogP contribution in [0.15, 0.2) is 99.1 Å². The minimum absolute atomic E-state index is 0.143. The van der Waals surface area contributed by atoms with Gasteiger partial charge in [-0.05, 0) is 93.9 Å². The maximum absolute atomic E-state index is 14.5. The lowest BCUT2D eigenvalue weighted by Crippen LogP contribution is -2.57. The summed E-state index contributed by atoms with van der Waals surface area (Å²) in [6.07, 6.45) is 4.66. The predicted octanol–water partition coefficient (Wildman–Crippen LogP) is 8.23. The zero-order chi connectivity index (χ0) is 34.0. The fraction of sp³-hybridized carbons (Fsp3) is 0.211. The summed E-state index contributed by atoms with van der Waals surface area (Å²) in [5.74, 6) is -0.175. The zero-order valence-corrected chi connectivity index (χ0v) is 30.5. The molecule has 1 aliphatic carbocycles. The van der Waals surface area contributed by atoms with E-state index in [-0.39, 0.29) is 11.3 Å². The normalized spacial score (nSPS) is 18.4. The zero-order valence-electron chi connectivity index (χ0n) is 26.5. The van der Waals surface area contributed by atoms with Crippen LogP contribution >= 0.6 is 43.5 Å². The number of halogens is 3. The van der Waals surface area contributed by atoms with Crippen molar-refractivity contribution in [1.29, 1.82) is 0 Å². The van der Waals surface area contributed by atoms with Crippen molar-refractivity contribution in [3.8, 4) is 22.6 Å². The number of hydrogen-bond donors (Lipinski definition) is 0. The molecule has 0 saturated heterocycles. The molecule has 3 aliphatic rings. The molecule has 0 N–H and O–H groups in total. The molecule has 1 spiro atoms. The number of hydrogen-bond acceptors (Lipinski definition) is 7. The van der Waals surface area contributed by atoms with Gasteiger partial charge in [-0.15, -0.1) is 0 Å². The monoisotopic (exact) mass is 789 g/mol. The first-order valence-corrected chi connectivity index (χ1v) is 17.1. The van der Waals surface area contributed by atoms with Crippen molar-refractivity contribution in [1.82, 2.24) is 4.90 Å². The Morgan fingerprint density at radius 3 is 1.92 bits per heavy atom. The minimum atomic E-state index is -1.32. The van der Waals surface area contributed by atoms with Gasteiger partial charge < -0.3 is 23.8 Å². The number of ether oxygens (including phenoxy) is 4. The second-order valence-corrected chi connectivity index (χ2v) is 14.0. The van der Waals surface area contributed by atoms with Crippen LogP contribution in [-0.4, -0.2) is 51.8 Å². The summed E-state index contributed by atoms with van der Waals surface area (Å²) in [5, 5.41) is 0.611. The van der Waals surface area contributed by atoms with Crippen molar-refractivity contribution in [2.45, 2.75) is 17.4 Å². The molecular formula is C38H30Br2ClNO6. The van der Waals surface area contributed by atoms with Gasteiger partial charge in [0.05, 0.1) is 39.4 Å². The van der Waals surface area contributed by atoms with E-state index in [0.29, 0.717) is 29.5 Å². The smallest absolute Gasteiger partial charge is 0.354 e. The van der Waals surface area contributed by atoms with Crippen LogP contribution in [0, 0.1) is 0 Å². The third-order valence-corrected chi connectivity index (χ3v) is 11.0. The van der Waals surface area contributed by atoms with Crippen molar-refractivity contribution in [2.24, 2.45) is 0 Å². The largest absolute Gasteiger partial charge is 0.493 e. The van der Waals surface area contributed by atoms with Gasteiger partial charge in [0, 0.05) is 20.5 Å². The molecule has 2 aliphatic heterocycles. The molecule has 1 atom stereocenters. The van der Waals surface area contributed by atoms with E-state index in [1.54, 1.807) is 14.2 Å². The van der Waals surface area contributed by atoms with Gasteiger partial charge in [0.1, 0.15) is 11.2 Å². The Labute approximate surface area is 300 Å². The number of methoxy groups -OCH3 is 4. The molecule has 1 unspecified atom stereocenters. The molecule has 4 aromatic rings. The molecule has 0 aromatic heterocycles. The Kier molecular flexibility index (Phi) is 8.21. The van der Waals surface area contributed by atoms with Gasteiger partial charge in [-0.25, -0.2) is 9.59 Å². The number of carbonyl (C=O) groups is 2. The molecule has 7 rings (SSSR count). The molecule has 0 radical (unpaired) electrons. The van der Waals surface area contributed by atoms with E-state index < -0.39 is 22.9 Å². The summed E-state index contributed by atoms with van der Waals surface area (Å²) in [6.45, 7) is 0.382. The molecule has 0 amide bonds. The molecule has 0 bridgehead atoms. The average Bonchev–Trinajstić information content (AvgIpc) is 3.53. The quantitative estimate of drug-likeness (QED) is 0.182. The number of rotatable bonds is 6. The lowest BCUT2D eigenvalue weighted by molar-refractivity contribution is -0.140. The van der Waals surface area contributed by atoms with E-state index >= 15 is 0 Å². The van der Waals surface area contributed by atoms with Crippen LogP contribution in [0.3, 0.4) is 0 Å². The van der Waals surface area contributed by atoms with E-state index in [9.17, 15) is 9.59 Å². The number of nitrogens with zero attached hydrogens (tertiary/aromatic N) is 1. The summed E-state index contributed by atoms with van der Waals surface area (Å²) >= 11 is 13.7. The van der Waals surface area contributed by atoms with Crippen molar-refractivity contribution < 1.29 is 28.5 Å². The van der Waals surface area contributed by atoms with E-state index in [1.807, 2.05) is 83.8 Å². The first-order chi connectivity index (χ1) is 23.2. The third-order valence-electron chi connectivity index (χ3n) is 9.72. The first-order valence-electron chi connectivity index (χ1n) is 15.2. The van der Waals surface area contributed by atoms with Crippen LogP contribution in [0.5, 0.6) is 11.5 Å². The average molecular weight is 792 g/mol. The second kappa shape index (κ2) is 12.1. The maximum Gasteiger partial charge on any atom is 0.354 e. The number of benzene rings is 4. The van der Waals surface area contributed by atoms with E-state index in [4.69, 9.17) is 30.5 Å². The van der Waals surface area contributed by atoms with Gasteiger partial charge in [0.25, 0.3) is 0 Å². The topological polar surface area (TPSA) is 74.3 Å². The molecule has 48 heavy (non-hydrogen) atoms. The van der Waals surface area contributed by atoms with Gasteiger partial charge >= 0.3 is 11.9 Å². The highest BCUT2D eigenvalue weighted by Gasteiger charge is 2.71. The molecule has 0 fully saturated rings. The highest BCUT2D eigenvalue weighted by atomic mass is 79.9. The number of esters is 2. The van der Waals surface area contributed by atoms with E-state index in [1.165, 1.54) is 14.2 Å². The van der Waals surface area contributed by atoms with Crippen molar-refractivity contribution in [3.05, 3.63) is 132 Å². The molecule has 4 aromatic carbocycles. The Bertz CT molecular complexity index is 2020. The fourth-order valence-corrected chi connectivity index (χ4v) is 8.79. The van der Waals surface area contributed by atoms with Crippen LogP contribution in [0.1, 0.15) is 27.8 Å². The molecule has 244 valence electrons. The Morgan fingerprint density at radius 1 is 0.771 bits per heavy atom. The summed E-state index contributed by atoms with van der Waals surface area (Å²) in [7, 11) is 5.87. The lowest BCUT2D eigenvalue weighted by atomic mass is 9.56. The predicted molar refractivity (Wildman–Crippen MR) is 191 cm³/mol. The molecule has 10 heteroatoms. The summed E-state index contributed by atoms with van der Waals surface area (Å²) < 4.78 is 24.4. The van der Waals surface area contributed by atoms with Gasteiger partial charge in [0.15, 0.2) is 11.5 Å². The lowest BCUT2D eigenvalue weighted by Gasteiger charge is -2.53. The van der Waals surface area contributed by atoms with Gasteiger partial charge in [-0.2, -0.15) is 0 Å². The van der Waals surface area contributed by atoms with E-state index in [0.717, 1.165) is 47.9 Å². The minimum Gasteiger partial charge on any atom is -0.493 e. The summed E-state index contributed by atoms with van der Waals surface area (Å²) in [4.78, 5) is 30.7. The van der Waals surface area contributed by atoms with Crippen molar-refractivity contribution in [3.63, 3.8) is 0 Å². The van der Waals surface area contributed by atoms with Crippen LogP contribution < -0.4 is 9.47 Å². The number of carbonyl (C=O) groups excluding carboxylic acids is 2. The van der Waals surface area contributed by atoms with Crippen LogP contribution in [0.2, 0.25) is 5.02 Å². The van der Waals surface area contributed by atoms with Gasteiger partial charge in [-0.1, -0.05) is 79.9 Å². The summed E-state index contributed by atoms with van der Waals surface area (Å²) in [5.41, 5.74) is 4.02. The molecule has 0 saturated carbocycles. The van der Waals surface area contributed by atoms with Gasteiger partial charge in [-0.3, -0.25) is 0 Å². The molecular weight excluding hydrogens is 762 g/mol. The number of fused-ring (bicyclic) bond motifs is 9. The Balaban J connectivity index is 1.74. The second-order valence-electron chi connectivity index (χ2n) is 11.8. The SMILES string of the molecule is COC(=O)C1=C(C(=O)OC)C2(c3cc(Br)ccc3-c3ccc(Br)cc32)C2(C=Cc3ccc(Cl)cc3)c3cc(OC)c(OC)cc3CCN12. The Hall–Kier alpha value is -4.05. The first kappa shape index (κ1) is 32.5. The third kappa shape index (κ3) is 4.43. The fourth-order valence-electron chi connectivity index (χ4n) is 7.94. The molecule has 2 heterocycles. The van der Waals surface area contributed by atoms with Gasteiger partial charge in [0.2, 0.25) is 0 Å². The van der Waals surface area contributed by atoms with Crippen LogP contribution in [0.25, 0.3) is 17.2 Å². The van der Waals surface area contributed by atoms with E-state index in [2.05, 4.69) is 37.9 Å². The van der Waals surface area contributed by atoms with Crippen LogP contribution in [0.4, 0.5) is 0 Å². The van der Waals surface area contributed by atoms with Crippen molar-refractivity contribution >= 4 is 61.5 Å². The molecule has 7 nitrogen and oxygen atoms in total. The maximum atomic E-state index is 14.5. The summed E-state index contributed by atoms with van der Waals surface area (Å²) in [6, 6.07) is 23.6. The Morgan fingerprint density at radius 2 is 1.35 bits per heavy atom.